The molecule has 28 heavy (non-hydrogen) atoms. The lowest BCUT2D eigenvalue weighted by atomic mass is 9.74. The van der Waals surface area contributed by atoms with Crippen molar-refractivity contribution in [2.75, 3.05) is 19.6 Å². The molecule has 0 aromatic heterocycles. The van der Waals surface area contributed by atoms with Gasteiger partial charge in [-0.25, -0.2) is 4.99 Å². The van der Waals surface area contributed by atoms with E-state index in [-0.39, 0.29) is 11.3 Å². The summed E-state index contributed by atoms with van der Waals surface area (Å²) in [7, 11) is 0. The van der Waals surface area contributed by atoms with E-state index in [1.54, 1.807) is 6.92 Å². The molecule has 1 amide bonds. The quantitative estimate of drug-likeness (QED) is 0.429. The average molecular weight is 381 g/mol. The molecule has 1 aliphatic heterocycles. The second-order valence-electron chi connectivity index (χ2n) is 8.50. The minimum atomic E-state index is -0.0792. The molecule has 0 N–H and O–H groups in total. The van der Waals surface area contributed by atoms with Gasteiger partial charge >= 0.3 is 0 Å². The summed E-state index contributed by atoms with van der Waals surface area (Å²) in [6, 6.07) is 8.62. The molecule has 3 rings (SSSR count). The van der Waals surface area contributed by atoms with E-state index in [0.29, 0.717) is 0 Å². The Morgan fingerprint density at radius 2 is 1.86 bits per heavy atom. The Hall–Kier alpha value is -1.74. The fourth-order valence-corrected chi connectivity index (χ4v) is 4.88. The largest absolute Gasteiger partial charge is 0.303 e. The molecule has 1 fully saturated rings. The number of nitrogens with zero attached hydrogens (tertiary/aromatic N) is 2. The van der Waals surface area contributed by atoms with Gasteiger partial charge in [-0.05, 0) is 69.3 Å². The highest BCUT2D eigenvalue weighted by molar-refractivity contribution is 6.10. The van der Waals surface area contributed by atoms with Crippen LogP contribution in [0.25, 0.3) is 0 Å². The summed E-state index contributed by atoms with van der Waals surface area (Å²) in [5, 5.41) is 0. The minimum Gasteiger partial charge on any atom is -0.303 e. The first-order valence-corrected chi connectivity index (χ1v) is 11.2. The first-order valence-electron chi connectivity index (χ1n) is 11.2. The SMILES string of the molecule is CC/C=C\CCCCCCN1CCC2(CC1)C/C(=N\C(C)=O)c1ccccc12. The standard InChI is InChI=1S/C25H36N2O/c1-3-4-5-6-7-8-9-12-17-27-18-15-25(16-19-27)20-24(26-21(2)28)22-13-10-11-14-23(22)25/h4-5,10-11,13-14H,3,6-9,12,15-20H2,1-2H3/b5-4-,26-24+. The zero-order valence-corrected chi connectivity index (χ0v) is 17.8. The number of piperidine rings is 1. The summed E-state index contributed by atoms with van der Waals surface area (Å²) >= 11 is 0. The lowest BCUT2D eigenvalue weighted by Crippen LogP contribution is -2.42. The monoisotopic (exact) mass is 380 g/mol. The van der Waals surface area contributed by atoms with E-state index in [4.69, 9.17) is 0 Å². The van der Waals surface area contributed by atoms with Gasteiger partial charge in [-0.1, -0.05) is 56.2 Å². The van der Waals surface area contributed by atoms with Crippen molar-refractivity contribution in [3.05, 3.63) is 47.5 Å². The number of hydrogen-bond acceptors (Lipinski definition) is 2. The smallest absolute Gasteiger partial charge is 0.242 e. The maximum atomic E-state index is 11.6. The van der Waals surface area contributed by atoms with Gasteiger partial charge in [0.05, 0.1) is 5.71 Å². The zero-order chi connectivity index (χ0) is 19.8. The van der Waals surface area contributed by atoms with Gasteiger partial charge in [0.1, 0.15) is 0 Å². The molecular formula is C25H36N2O. The molecule has 0 atom stereocenters. The molecule has 1 heterocycles. The second-order valence-corrected chi connectivity index (χ2v) is 8.50. The molecule has 1 aromatic carbocycles. The number of benzene rings is 1. The van der Waals surface area contributed by atoms with Crippen molar-refractivity contribution in [2.24, 2.45) is 4.99 Å². The number of amides is 1. The van der Waals surface area contributed by atoms with Crippen molar-refractivity contribution in [3.63, 3.8) is 0 Å². The van der Waals surface area contributed by atoms with Crippen LogP contribution in [0.1, 0.15) is 82.8 Å². The number of carbonyl (C=O) groups excluding carboxylic acids is 1. The molecule has 152 valence electrons. The number of unbranched alkanes of at least 4 members (excludes halogenated alkanes) is 4. The van der Waals surface area contributed by atoms with E-state index in [1.807, 2.05) is 0 Å². The Balaban J connectivity index is 1.47. The summed E-state index contributed by atoms with van der Waals surface area (Å²) in [6.07, 6.45) is 15.6. The summed E-state index contributed by atoms with van der Waals surface area (Å²) in [6.45, 7) is 7.32. The molecule has 0 saturated carbocycles. The number of allylic oxidation sites excluding steroid dienone is 2. The third kappa shape index (κ3) is 5.20. The van der Waals surface area contributed by atoms with Crippen LogP contribution in [0.4, 0.5) is 0 Å². The summed E-state index contributed by atoms with van der Waals surface area (Å²) < 4.78 is 0. The predicted octanol–water partition coefficient (Wildman–Crippen LogP) is 5.68. The summed E-state index contributed by atoms with van der Waals surface area (Å²) in [5.41, 5.74) is 3.85. The van der Waals surface area contributed by atoms with E-state index in [2.05, 4.69) is 53.2 Å². The first kappa shape index (κ1) is 21.0. The Morgan fingerprint density at radius 1 is 1.11 bits per heavy atom. The molecule has 1 aliphatic carbocycles. The van der Waals surface area contributed by atoms with Crippen LogP contribution in [-0.2, 0) is 10.2 Å². The van der Waals surface area contributed by atoms with Crippen LogP contribution >= 0.6 is 0 Å². The van der Waals surface area contributed by atoms with Crippen LogP contribution in [0.2, 0.25) is 0 Å². The fraction of sp³-hybridized carbons (Fsp3) is 0.600. The Kier molecular flexibility index (Phi) is 7.61. The van der Waals surface area contributed by atoms with Gasteiger partial charge in [-0.2, -0.15) is 0 Å². The lowest BCUT2D eigenvalue weighted by Gasteiger charge is -2.40. The molecule has 3 heteroatoms. The van der Waals surface area contributed by atoms with Crippen molar-refractivity contribution in [3.8, 4) is 0 Å². The van der Waals surface area contributed by atoms with Crippen molar-refractivity contribution in [1.82, 2.24) is 4.90 Å². The third-order valence-corrected chi connectivity index (χ3v) is 6.42. The first-order chi connectivity index (χ1) is 13.6. The zero-order valence-electron chi connectivity index (χ0n) is 17.8. The molecule has 0 unspecified atom stereocenters. The van der Waals surface area contributed by atoms with E-state index in [9.17, 15) is 4.79 Å². The van der Waals surface area contributed by atoms with E-state index >= 15 is 0 Å². The van der Waals surface area contributed by atoms with Gasteiger partial charge in [0.15, 0.2) is 0 Å². The highest BCUT2D eigenvalue weighted by atomic mass is 16.1. The number of aliphatic imine (C=N–C) groups is 1. The molecular weight excluding hydrogens is 344 g/mol. The van der Waals surface area contributed by atoms with Crippen molar-refractivity contribution in [1.29, 1.82) is 0 Å². The summed E-state index contributed by atoms with van der Waals surface area (Å²) in [4.78, 5) is 18.6. The Labute approximate surface area is 170 Å². The molecule has 1 aromatic rings. The predicted molar refractivity (Wildman–Crippen MR) is 118 cm³/mol. The maximum Gasteiger partial charge on any atom is 0.242 e. The van der Waals surface area contributed by atoms with Crippen molar-refractivity contribution >= 4 is 11.6 Å². The van der Waals surface area contributed by atoms with Crippen LogP contribution in [0.3, 0.4) is 0 Å². The van der Waals surface area contributed by atoms with Gasteiger partial charge < -0.3 is 4.90 Å². The number of likely N-dealkylation sites (tertiary alicyclic amines) is 1. The minimum absolute atomic E-state index is 0.0792. The number of hydrogen-bond donors (Lipinski definition) is 0. The molecule has 2 aliphatic rings. The van der Waals surface area contributed by atoms with Gasteiger partial charge in [0.25, 0.3) is 0 Å². The van der Waals surface area contributed by atoms with Crippen LogP contribution in [0, 0.1) is 0 Å². The van der Waals surface area contributed by atoms with E-state index < -0.39 is 0 Å². The van der Waals surface area contributed by atoms with Crippen LogP contribution in [-0.4, -0.2) is 36.2 Å². The summed E-state index contributed by atoms with van der Waals surface area (Å²) in [5.74, 6) is -0.0792. The molecule has 1 saturated heterocycles. The van der Waals surface area contributed by atoms with Gasteiger partial charge in [-0.15, -0.1) is 0 Å². The Morgan fingerprint density at radius 3 is 2.61 bits per heavy atom. The van der Waals surface area contributed by atoms with Crippen LogP contribution in [0.5, 0.6) is 0 Å². The maximum absolute atomic E-state index is 11.6. The molecule has 3 nitrogen and oxygen atoms in total. The highest BCUT2D eigenvalue weighted by Gasteiger charge is 2.43. The van der Waals surface area contributed by atoms with Crippen molar-refractivity contribution < 1.29 is 4.79 Å². The normalized spacial score (nSPS) is 20.3. The van der Waals surface area contributed by atoms with E-state index in [1.165, 1.54) is 75.7 Å². The lowest BCUT2D eigenvalue weighted by molar-refractivity contribution is -0.115. The van der Waals surface area contributed by atoms with Crippen molar-refractivity contribution in [2.45, 2.75) is 77.0 Å². The molecule has 0 radical (unpaired) electrons. The number of rotatable bonds is 8. The van der Waals surface area contributed by atoms with Crippen LogP contribution < -0.4 is 0 Å². The van der Waals surface area contributed by atoms with Gasteiger partial charge in [0, 0.05) is 18.8 Å². The fourth-order valence-electron chi connectivity index (χ4n) is 4.88. The topological polar surface area (TPSA) is 32.7 Å². The molecule has 1 spiro atoms. The van der Waals surface area contributed by atoms with Gasteiger partial charge in [0.2, 0.25) is 5.91 Å². The molecule has 0 bridgehead atoms. The Bertz CT molecular complexity index is 711. The van der Waals surface area contributed by atoms with E-state index in [0.717, 1.165) is 18.6 Å². The second kappa shape index (κ2) is 10.2. The third-order valence-electron chi connectivity index (χ3n) is 6.42. The number of carbonyl (C=O) groups is 1. The highest BCUT2D eigenvalue weighted by Crippen LogP contribution is 2.46. The van der Waals surface area contributed by atoms with Crippen LogP contribution in [0.15, 0.2) is 41.4 Å². The van der Waals surface area contributed by atoms with Gasteiger partial charge in [-0.3, -0.25) is 4.79 Å². The average Bonchev–Trinajstić information content (AvgIpc) is 2.98. The number of fused-ring (bicyclic) bond motifs is 2.